The van der Waals surface area contributed by atoms with Crippen molar-refractivity contribution in [1.29, 1.82) is 0 Å². The molecule has 1 atom stereocenters. The molecule has 2 saturated heterocycles. The molecule has 3 heterocycles. The number of hydrogen-bond acceptors (Lipinski definition) is 7. The van der Waals surface area contributed by atoms with Crippen LogP contribution < -0.4 is 15.7 Å². The van der Waals surface area contributed by atoms with Gasteiger partial charge in [0, 0.05) is 43.5 Å². The summed E-state index contributed by atoms with van der Waals surface area (Å²) in [5.41, 5.74) is 0.111. The Kier molecular flexibility index (Phi) is 5.34. The van der Waals surface area contributed by atoms with E-state index in [9.17, 15) is 0 Å². The minimum atomic E-state index is -0.431. The van der Waals surface area contributed by atoms with E-state index in [4.69, 9.17) is 14.4 Å². The number of rotatable bonds is 6. The molecule has 25 heavy (non-hydrogen) atoms. The van der Waals surface area contributed by atoms with Gasteiger partial charge in [0.25, 0.3) is 0 Å². The lowest BCUT2D eigenvalue weighted by Gasteiger charge is -2.32. The third-order valence-electron chi connectivity index (χ3n) is 5.49. The second kappa shape index (κ2) is 7.19. The highest BCUT2D eigenvalue weighted by atomic mass is 16.7. The van der Waals surface area contributed by atoms with Gasteiger partial charge in [0.2, 0.25) is 5.95 Å². The molecular weight excluding hydrogens is 319 g/mol. The zero-order valence-corrected chi connectivity index (χ0v) is 15.7. The maximum Gasteiger partial charge on any atom is 0.498 e. The van der Waals surface area contributed by atoms with E-state index in [1.54, 1.807) is 12.4 Å². The first-order valence-corrected chi connectivity index (χ1v) is 9.10. The summed E-state index contributed by atoms with van der Waals surface area (Å²) in [5, 5.41) is 12.2. The maximum absolute atomic E-state index is 8.91. The smallest absolute Gasteiger partial charge is 0.399 e. The molecule has 2 N–H and O–H groups in total. The first-order valence-electron chi connectivity index (χ1n) is 9.10. The average Bonchev–Trinajstić information content (AvgIpc) is 3.10. The van der Waals surface area contributed by atoms with Gasteiger partial charge in [-0.1, -0.05) is 0 Å². The Morgan fingerprint density at radius 1 is 1.24 bits per heavy atom. The fourth-order valence-corrected chi connectivity index (χ4v) is 3.24. The van der Waals surface area contributed by atoms with E-state index in [0.29, 0.717) is 12.6 Å². The number of aliphatic hydroxyl groups is 1. The van der Waals surface area contributed by atoms with Gasteiger partial charge in [0.1, 0.15) is 0 Å². The summed E-state index contributed by atoms with van der Waals surface area (Å²) in [4.78, 5) is 11.3. The highest BCUT2D eigenvalue weighted by molar-refractivity contribution is 6.61. The first kappa shape index (κ1) is 18.6. The van der Waals surface area contributed by atoms with Crippen LogP contribution in [0.2, 0.25) is 0 Å². The van der Waals surface area contributed by atoms with Crippen molar-refractivity contribution in [2.24, 2.45) is 0 Å². The van der Waals surface area contributed by atoms with Gasteiger partial charge in [-0.15, -0.1) is 0 Å². The Morgan fingerprint density at radius 2 is 1.88 bits per heavy atom. The van der Waals surface area contributed by atoms with Crippen LogP contribution in [-0.2, 0) is 9.31 Å². The summed E-state index contributed by atoms with van der Waals surface area (Å²) in [7, 11) is -0.431. The van der Waals surface area contributed by atoms with Crippen molar-refractivity contribution in [1.82, 2.24) is 15.3 Å². The topological polar surface area (TPSA) is 79.7 Å². The molecule has 0 aliphatic carbocycles. The summed E-state index contributed by atoms with van der Waals surface area (Å²) in [6.45, 7) is 10.7. The molecule has 2 aliphatic heterocycles. The predicted octanol–water partition coefficient (Wildman–Crippen LogP) is 0.327. The van der Waals surface area contributed by atoms with Crippen LogP contribution in [0.5, 0.6) is 0 Å². The molecule has 0 aromatic carbocycles. The highest BCUT2D eigenvalue weighted by Crippen LogP contribution is 2.36. The zero-order valence-electron chi connectivity index (χ0n) is 15.7. The van der Waals surface area contributed by atoms with E-state index < -0.39 is 7.12 Å². The molecule has 7 nitrogen and oxygen atoms in total. The lowest BCUT2D eigenvalue weighted by molar-refractivity contribution is 0.00578. The molecule has 0 amide bonds. The normalized spacial score (nSPS) is 24.9. The molecule has 0 spiro atoms. The lowest BCUT2D eigenvalue weighted by Crippen LogP contribution is -2.41. The average molecular weight is 348 g/mol. The highest BCUT2D eigenvalue weighted by Gasteiger charge is 2.52. The number of aliphatic hydroxyl groups excluding tert-OH is 1. The molecule has 2 fully saturated rings. The fraction of sp³-hybridized carbons (Fsp3) is 0.765. The molecule has 8 heteroatoms. The molecule has 0 bridgehead atoms. The van der Waals surface area contributed by atoms with Crippen LogP contribution in [0.4, 0.5) is 5.95 Å². The number of nitrogens with one attached hydrogen (secondary N) is 1. The molecule has 0 saturated carbocycles. The summed E-state index contributed by atoms with van der Waals surface area (Å²) in [6.07, 6.45) is 5.86. The van der Waals surface area contributed by atoms with Crippen molar-refractivity contribution < 1.29 is 14.4 Å². The molecule has 1 aromatic rings. The number of hydrogen-bond donors (Lipinski definition) is 2. The Morgan fingerprint density at radius 3 is 2.48 bits per heavy atom. The monoisotopic (exact) mass is 348 g/mol. The number of aromatic nitrogens is 2. The largest absolute Gasteiger partial charge is 0.498 e. The van der Waals surface area contributed by atoms with Gasteiger partial charge in [0.05, 0.1) is 17.8 Å². The van der Waals surface area contributed by atoms with Crippen molar-refractivity contribution in [2.75, 3.05) is 31.1 Å². The van der Waals surface area contributed by atoms with E-state index in [-0.39, 0.29) is 17.8 Å². The van der Waals surface area contributed by atoms with Crippen LogP contribution in [0.25, 0.3) is 0 Å². The van der Waals surface area contributed by atoms with Crippen molar-refractivity contribution in [3.05, 3.63) is 12.4 Å². The summed E-state index contributed by atoms with van der Waals surface area (Å²) >= 11 is 0. The molecule has 3 rings (SSSR count). The Hall–Kier alpha value is -1.22. The first-order chi connectivity index (χ1) is 11.8. The third kappa shape index (κ3) is 3.82. The molecule has 0 unspecified atom stereocenters. The second-order valence-electron chi connectivity index (χ2n) is 7.82. The Balaban J connectivity index is 1.66. The summed E-state index contributed by atoms with van der Waals surface area (Å²) < 4.78 is 12.1. The van der Waals surface area contributed by atoms with E-state index in [1.165, 1.54) is 0 Å². The van der Waals surface area contributed by atoms with Gasteiger partial charge >= 0.3 is 7.12 Å². The van der Waals surface area contributed by atoms with Gasteiger partial charge < -0.3 is 24.6 Å². The number of anilines is 1. The minimum Gasteiger partial charge on any atom is -0.399 e. The van der Waals surface area contributed by atoms with E-state index in [0.717, 1.165) is 37.3 Å². The molecule has 0 radical (unpaired) electrons. The van der Waals surface area contributed by atoms with Gasteiger partial charge in [-0.25, -0.2) is 9.97 Å². The Bertz CT molecular complexity index is 566. The standard InChI is InChI=1S/C17H29BN4O3/c1-16(2)17(3,4)25-18(24-16)13-10-20-15(21-11-13)22-8-5-6-14(22)12-19-7-9-23/h10-11,14,19,23H,5-9,12H2,1-4H3/t14-/m0/s1. The molecule has 138 valence electrons. The van der Waals surface area contributed by atoms with Crippen LogP contribution in [-0.4, -0.2) is 65.7 Å². The van der Waals surface area contributed by atoms with E-state index in [2.05, 4.69) is 20.2 Å². The Labute approximate surface area is 150 Å². The van der Waals surface area contributed by atoms with E-state index in [1.807, 2.05) is 27.7 Å². The van der Waals surface area contributed by atoms with Gasteiger partial charge in [0.15, 0.2) is 0 Å². The molecular formula is C17H29BN4O3. The van der Waals surface area contributed by atoms with Crippen molar-refractivity contribution in [2.45, 2.75) is 57.8 Å². The van der Waals surface area contributed by atoms with Crippen LogP contribution >= 0.6 is 0 Å². The van der Waals surface area contributed by atoms with Crippen LogP contribution in [0.1, 0.15) is 40.5 Å². The van der Waals surface area contributed by atoms with Crippen LogP contribution in [0.3, 0.4) is 0 Å². The van der Waals surface area contributed by atoms with Crippen LogP contribution in [0, 0.1) is 0 Å². The quantitative estimate of drug-likeness (QED) is 0.566. The molecule has 1 aromatic heterocycles. The fourth-order valence-electron chi connectivity index (χ4n) is 3.24. The van der Waals surface area contributed by atoms with Gasteiger partial charge in [-0.2, -0.15) is 0 Å². The van der Waals surface area contributed by atoms with Crippen molar-refractivity contribution in [3.63, 3.8) is 0 Å². The second-order valence-corrected chi connectivity index (χ2v) is 7.82. The zero-order chi connectivity index (χ0) is 18.1. The van der Waals surface area contributed by atoms with Crippen molar-refractivity contribution in [3.8, 4) is 0 Å². The van der Waals surface area contributed by atoms with E-state index >= 15 is 0 Å². The summed E-state index contributed by atoms with van der Waals surface area (Å²) in [5.74, 6) is 0.744. The minimum absolute atomic E-state index is 0.159. The predicted molar refractivity (Wildman–Crippen MR) is 98.1 cm³/mol. The van der Waals surface area contributed by atoms with Crippen LogP contribution in [0.15, 0.2) is 12.4 Å². The van der Waals surface area contributed by atoms with Gasteiger partial charge in [-0.05, 0) is 40.5 Å². The molecule has 2 aliphatic rings. The maximum atomic E-state index is 8.91. The SMILES string of the molecule is CC1(C)OB(c2cnc(N3CCC[C@H]3CNCCO)nc2)OC1(C)C. The summed E-state index contributed by atoms with van der Waals surface area (Å²) in [6, 6.07) is 0.370. The van der Waals surface area contributed by atoms with Crippen molar-refractivity contribution >= 4 is 18.5 Å². The lowest BCUT2D eigenvalue weighted by atomic mass is 9.81. The number of nitrogens with zero attached hydrogens (tertiary/aromatic N) is 3. The van der Waals surface area contributed by atoms with Gasteiger partial charge in [-0.3, -0.25) is 0 Å². The third-order valence-corrected chi connectivity index (χ3v) is 5.49.